The number of nitrogens with one attached hydrogen (secondary N) is 1. The Bertz CT molecular complexity index is 1210. The van der Waals surface area contributed by atoms with Crippen molar-refractivity contribution in [2.75, 3.05) is 44.2 Å². The Morgan fingerprint density at radius 2 is 1.51 bits per heavy atom. The topological polar surface area (TPSA) is 68.2 Å². The molecule has 206 valence electrons. The van der Waals surface area contributed by atoms with Gasteiger partial charge in [0.05, 0.1) is 0 Å². The van der Waals surface area contributed by atoms with Gasteiger partial charge in [0, 0.05) is 63.1 Å². The number of piperazine rings is 1. The summed E-state index contributed by atoms with van der Waals surface area (Å²) in [6, 6.07) is 13.0. The van der Waals surface area contributed by atoms with Crippen LogP contribution in [0.5, 0.6) is 0 Å². The highest BCUT2D eigenvalue weighted by Gasteiger charge is 2.24. The summed E-state index contributed by atoms with van der Waals surface area (Å²) in [5.74, 6) is -0.911. The third-order valence-corrected chi connectivity index (χ3v) is 7.24. The summed E-state index contributed by atoms with van der Waals surface area (Å²) < 4.78 is 26.3. The minimum absolute atomic E-state index is 0.0476. The first kappa shape index (κ1) is 28.2. The van der Waals surface area contributed by atoms with Crippen molar-refractivity contribution < 1.29 is 18.4 Å². The molecule has 2 aromatic carbocycles. The number of aliphatic imine (C=N–C) groups is 1. The summed E-state index contributed by atoms with van der Waals surface area (Å²) in [5, 5.41) is 3.07. The van der Waals surface area contributed by atoms with E-state index in [1.54, 1.807) is 48.2 Å². The average Bonchev–Trinajstić information content (AvgIpc) is 2.95. The van der Waals surface area contributed by atoms with E-state index in [9.17, 15) is 18.4 Å². The van der Waals surface area contributed by atoms with Crippen molar-refractivity contribution in [1.29, 1.82) is 0 Å². The first-order valence-electron chi connectivity index (χ1n) is 13.2. The van der Waals surface area contributed by atoms with E-state index in [-0.39, 0.29) is 35.2 Å². The molecule has 0 spiro atoms. The van der Waals surface area contributed by atoms with Crippen molar-refractivity contribution in [2.24, 2.45) is 4.99 Å². The van der Waals surface area contributed by atoms with Crippen molar-refractivity contribution in [3.8, 4) is 0 Å². The van der Waals surface area contributed by atoms with Crippen molar-refractivity contribution in [1.82, 2.24) is 15.1 Å². The number of carbonyl (C=O) groups is 2. The molecule has 0 radical (unpaired) electrons. The van der Waals surface area contributed by atoms with Gasteiger partial charge in [0.25, 0.3) is 5.91 Å². The van der Waals surface area contributed by atoms with Crippen LogP contribution in [0, 0.1) is 11.6 Å². The summed E-state index contributed by atoms with van der Waals surface area (Å²) >= 11 is 0. The predicted molar refractivity (Wildman–Crippen MR) is 149 cm³/mol. The number of amides is 2. The summed E-state index contributed by atoms with van der Waals surface area (Å²) in [4.78, 5) is 35.8. The Labute approximate surface area is 228 Å². The van der Waals surface area contributed by atoms with Crippen molar-refractivity contribution in [3.63, 3.8) is 0 Å². The number of benzene rings is 2. The maximum atomic E-state index is 13.2. The van der Waals surface area contributed by atoms with Gasteiger partial charge in [0.15, 0.2) is 0 Å². The molecule has 0 atom stereocenters. The minimum atomic E-state index is -0.255. The maximum Gasteiger partial charge on any atom is 0.272 e. The molecule has 2 saturated heterocycles. The third kappa shape index (κ3) is 7.83. The Morgan fingerprint density at radius 1 is 0.923 bits per heavy atom. The van der Waals surface area contributed by atoms with Crippen LogP contribution in [0.2, 0.25) is 0 Å². The molecule has 0 aliphatic carbocycles. The minimum Gasteiger partial charge on any atom is -0.371 e. The van der Waals surface area contributed by atoms with Crippen LogP contribution in [0.25, 0.3) is 0 Å². The molecule has 0 bridgehead atoms. The zero-order chi connectivity index (χ0) is 27.8. The number of hydrogen-bond acceptors (Lipinski definition) is 5. The lowest BCUT2D eigenvalue weighted by molar-refractivity contribution is -0.129. The average molecular weight is 536 g/mol. The summed E-state index contributed by atoms with van der Waals surface area (Å²) in [6.45, 7) is 10.00. The molecule has 0 saturated carbocycles. The third-order valence-electron chi connectivity index (χ3n) is 7.24. The molecular weight excluding hydrogens is 500 g/mol. The van der Waals surface area contributed by atoms with E-state index >= 15 is 0 Å². The lowest BCUT2D eigenvalue weighted by Crippen LogP contribution is -2.48. The van der Waals surface area contributed by atoms with Gasteiger partial charge in [-0.1, -0.05) is 18.2 Å². The van der Waals surface area contributed by atoms with Crippen molar-refractivity contribution >= 4 is 24.2 Å². The molecule has 39 heavy (non-hydrogen) atoms. The van der Waals surface area contributed by atoms with Gasteiger partial charge < -0.3 is 15.1 Å². The van der Waals surface area contributed by atoms with Crippen LogP contribution in [0.3, 0.4) is 0 Å². The molecule has 2 aliphatic heterocycles. The lowest BCUT2D eigenvalue weighted by Gasteiger charge is -2.34. The van der Waals surface area contributed by atoms with Gasteiger partial charge in [-0.15, -0.1) is 0 Å². The molecular formula is C30H35F2N5O2. The highest BCUT2D eigenvalue weighted by atomic mass is 19.1. The molecule has 2 aliphatic rings. The fourth-order valence-corrected chi connectivity index (χ4v) is 4.82. The van der Waals surface area contributed by atoms with Crippen molar-refractivity contribution in [3.05, 3.63) is 89.2 Å². The van der Waals surface area contributed by atoms with Gasteiger partial charge in [0.1, 0.15) is 17.3 Å². The predicted octanol–water partition coefficient (Wildman–Crippen LogP) is 3.93. The summed E-state index contributed by atoms with van der Waals surface area (Å²) in [7, 11) is 0. The standard InChI is InChI=1S/C30H35F2N5O2/c1-22(29(38)34-26-13-15-36(16-14-26)27-10-8-25(32)9-11-27)3-12-28(33-2)30(39)37-19-17-35(18-20-37)21-23-4-6-24(31)7-5-23/h3-12,26H,2,13-21H2,1H3,(H,34,38)/b22-3+,28-12-. The van der Waals surface area contributed by atoms with E-state index in [1.165, 1.54) is 24.3 Å². The normalized spacial score (nSPS) is 17.7. The number of rotatable bonds is 8. The molecule has 4 rings (SSSR count). The smallest absolute Gasteiger partial charge is 0.272 e. The van der Waals surface area contributed by atoms with Crippen LogP contribution in [-0.2, 0) is 16.1 Å². The SMILES string of the molecule is C=N/C(=C\C=C(/C)C(=O)NC1CCN(c2ccc(F)cc2)CC1)C(=O)N1CCN(Cc2ccc(F)cc2)CC1. The fourth-order valence-electron chi connectivity index (χ4n) is 4.82. The van der Waals surface area contributed by atoms with Crippen LogP contribution in [-0.4, -0.2) is 73.6 Å². The van der Waals surface area contributed by atoms with Gasteiger partial charge in [-0.25, -0.2) is 8.78 Å². The highest BCUT2D eigenvalue weighted by Crippen LogP contribution is 2.20. The van der Waals surface area contributed by atoms with Gasteiger partial charge in [-0.3, -0.25) is 19.5 Å². The van der Waals surface area contributed by atoms with Crippen molar-refractivity contribution in [2.45, 2.75) is 32.4 Å². The second-order valence-corrected chi connectivity index (χ2v) is 9.97. The van der Waals surface area contributed by atoms with Gasteiger partial charge in [0.2, 0.25) is 5.91 Å². The number of piperidine rings is 1. The molecule has 2 heterocycles. The molecule has 0 aromatic heterocycles. The number of halogens is 2. The van der Waals surface area contributed by atoms with Crippen LogP contribution in [0.4, 0.5) is 14.5 Å². The summed E-state index contributed by atoms with van der Waals surface area (Å²) in [6.07, 6.45) is 4.73. The van der Waals surface area contributed by atoms with E-state index in [0.29, 0.717) is 38.3 Å². The first-order valence-corrected chi connectivity index (χ1v) is 13.2. The number of allylic oxidation sites excluding steroid dienone is 2. The monoisotopic (exact) mass is 535 g/mol. The van der Waals surface area contributed by atoms with Crippen LogP contribution >= 0.6 is 0 Å². The van der Waals surface area contributed by atoms with E-state index in [4.69, 9.17) is 0 Å². The second kappa shape index (κ2) is 13.3. The fraction of sp³-hybridized carbons (Fsp3) is 0.367. The highest BCUT2D eigenvalue weighted by molar-refractivity contribution is 5.96. The Kier molecular flexibility index (Phi) is 9.59. The lowest BCUT2D eigenvalue weighted by atomic mass is 10.0. The van der Waals surface area contributed by atoms with Crippen LogP contribution in [0.1, 0.15) is 25.3 Å². The quantitative estimate of drug-likeness (QED) is 0.316. The Morgan fingerprint density at radius 3 is 2.10 bits per heavy atom. The van der Waals surface area contributed by atoms with Crippen LogP contribution < -0.4 is 10.2 Å². The Hall–Kier alpha value is -3.85. The van der Waals surface area contributed by atoms with E-state index in [1.807, 2.05) is 0 Å². The van der Waals surface area contributed by atoms with Gasteiger partial charge in [-0.05, 0) is 74.5 Å². The zero-order valence-corrected chi connectivity index (χ0v) is 22.3. The second-order valence-electron chi connectivity index (χ2n) is 9.97. The first-order chi connectivity index (χ1) is 18.8. The van der Waals surface area contributed by atoms with E-state index in [2.05, 4.69) is 26.8 Å². The number of nitrogens with zero attached hydrogens (tertiary/aromatic N) is 4. The zero-order valence-electron chi connectivity index (χ0n) is 22.3. The largest absolute Gasteiger partial charge is 0.371 e. The number of hydrogen-bond donors (Lipinski definition) is 1. The molecule has 0 unspecified atom stereocenters. The molecule has 7 nitrogen and oxygen atoms in total. The molecule has 2 amide bonds. The number of carbonyl (C=O) groups excluding carboxylic acids is 2. The van der Waals surface area contributed by atoms with Gasteiger partial charge in [-0.2, -0.15) is 0 Å². The van der Waals surface area contributed by atoms with E-state index in [0.717, 1.165) is 37.2 Å². The van der Waals surface area contributed by atoms with Crippen LogP contribution in [0.15, 0.2) is 76.9 Å². The Balaban J connectivity index is 1.24. The molecule has 1 N–H and O–H groups in total. The van der Waals surface area contributed by atoms with E-state index < -0.39 is 0 Å². The summed E-state index contributed by atoms with van der Waals surface area (Å²) in [5.41, 5.74) is 2.68. The molecule has 2 fully saturated rings. The van der Waals surface area contributed by atoms with Gasteiger partial charge >= 0.3 is 0 Å². The number of anilines is 1. The molecule has 9 heteroatoms. The maximum absolute atomic E-state index is 13.2. The molecule has 2 aromatic rings.